The van der Waals surface area contributed by atoms with Crippen LogP contribution >= 0.6 is 0 Å². The summed E-state index contributed by atoms with van der Waals surface area (Å²) in [5.74, 6) is 0. The van der Waals surface area contributed by atoms with E-state index in [2.05, 4.69) is 41.4 Å². The van der Waals surface area contributed by atoms with Gasteiger partial charge in [-0.2, -0.15) is 0 Å². The summed E-state index contributed by atoms with van der Waals surface area (Å²) in [6.07, 6.45) is 0.712. The van der Waals surface area contributed by atoms with Crippen LogP contribution < -0.4 is 5.32 Å². The molecule has 0 aromatic heterocycles. The zero-order valence-corrected chi connectivity index (χ0v) is 11.6. The third-order valence-electron chi connectivity index (χ3n) is 3.48. The molecule has 1 aromatic rings. The molecule has 4 heteroatoms. The number of nitrogens with one attached hydrogen (secondary N) is 1. The molecule has 1 saturated heterocycles. The summed E-state index contributed by atoms with van der Waals surface area (Å²) >= 11 is 0. The van der Waals surface area contributed by atoms with Gasteiger partial charge in [-0.25, -0.2) is 0 Å². The van der Waals surface area contributed by atoms with Crippen molar-refractivity contribution in [1.29, 1.82) is 0 Å². The second-order valence-electron chi connectivity index (χ2n) is 5.00. The van der Waals surface area contributed by atoms with Gasteiger partial charge in [0, 0.05) is 31.9 Å². The van der Waals surface area contributed by atoms with E-state index in [1.54, 1.807) is 0 Å². The predicted molar refractivity (Wildman–Crippen MR) is 77.6 cm³/mol. The Labute approximate surface area is 115 Å². The van der Waals surface area contributed by atoms with E-state index in [9.17, 15) is 5.11 Å². The van der Waals surface area contributed by atoms with Gasteiger partial charge in [-0.15, -0.1) is 0 Å². The van der Waals surface area contributed by atoms with Crippen molar-refractivity contribution < 1.29 is 9.84 Å². The Balaban J connectivity index is 1.71. The van der Waals surface area contributed by atoms with Crippen LogP contribution in [0, 0.1) is 0 Å². The quantitative estimate of drug-likeness (QED) is 0.814. The number of aryl methyl sites for hydroxylation is 1. The van der Waals surface area contributed by atoms with Crippen LogP contribution in [0.15, 0.2) is 24.3 Å². The molecule has 0 bridgehead atoms. The number of morpholine rings is 1. The lowest BCUT2D eigenvalue weighted by molar-refractivity contribution is 0.0171. The first-order valence-corrected chi connectivity index (χ1v) is 7.09. The summed E-state index contributed by atoms with van der Waals surface area (Å²) in [6.45, 7) is 6.84. The third kappa shape index (κ3) is 4.82. The molecule has 0 spiro atoms. The number of hydrogen-bond donors (Lipinski definition) is 2. The Morgan fingerprint density at radius 3 is 2.58 bits per heavy atom. The average molecular weight is 264 g/mol. The molecule has 19 heavy (non-hydrogen) atoms. The van der Waals surface area contributed by atoms with Gasteiger partial charge >= 0.3 is 0 Å². The number of anilines is 1. The molecule has 1 aliphatic rings. The summed E-state index contributed by atoms with van der Waals surface area (Å²) in [7, 11) is 0. The fourth-order valence-corrected chi connectivity index (χ4v) is 2.24. The molecule has 1 unspecified atom stereocenters. The molecule has 0 amide bonds. The van der Waals surface area contributed by atoms with Crippen LogP contribution in [0.4, 0.5) is 5.69 Å². The standard InChI is InChI=1S/C15H24N2O2/c1-2-13-3-5-14(6-4-13)16-11-15(18)12-17-7-9-19-10-8-17/h3-6,15-16,18H,2,7-12H2,1H3. The fraction of sp³-hybridized carbons (Fsp3) is 0.600. The van der Waals surface area contributed by atoms with Gasteiger partial charge in [0.25, 0.3) is 0 Å². The zero-order valence-electron chi connectivity index (χ0n) is 11.6. The van der Waals surface area contributed by atoms with Crippen LogP contribution in [0.2, 0.25) is 0 Å². The van der Waals surface area contributed by atoms with Gasteiger partial charge in [0.1, 0.15) is 0 Å². The molecular weight excluding hydrogens is 240 g/mol. The van der Waals surface area contributed by atoms with Crippen molar-refractivity contribution in [2.75, 3.05) is 44.7 Å². The molecule has 1 fully saturated rings. The minimum atomic E-state index is -0.344. The minimum absolute atomic E-state index is 0.344. The molecule has 2 rings (SSSR count). The van der Waals surface area contributed by atoms with Gasteiger partial charge in [-0.3, -0.25) is 4.90 Å². The summed E-state index contributed by atoms with van der Waals surface area (Å²) in [5, 5.41) is 13.3. The molecule has 2 N–H and O–H groups in total. The Kier molecular flexibility index (Phi) is 5.63. The van der Waals surface area contributed by atoms with Gasteiger partial charge in [-0.05, 0) is 24.1 Å². The number of aliphatic hydroxyl groups excluding tert-OH is 1. The van der Waals surface area contributed by atoms with Crippen LogP contribution in [-0.4, -0.2) is 55.5 Å². The molecular formula is C15H24N2O2. The third-order valence-corrected chi connectivity index (χ3v) is 3.48. The van der Waals surface area contributed by atoms with E-state index >= 15 is 0 Å². The van der Waals surface area contributed by atoms with Gasteiger partial charge in [0.2, 0.25) is 0 Å². The van der Waals surface area contributed by atoms with Crippen LogP contribution in [-0.2, 0) is 11.2 Å². The van der Waals surface area contributed by atoms with Crippen LogP contribution in [0.3, 0.4) is 0 Å². The zero-order chi connectivity index (χ0) is 13.5. The summed E-state index contributed by atoms with van der Waals surface area (Å²) < 4.78 is 5.29. The number of ether oxygens (including phenoxy) is 1. The highest BCUT2D eigenvalue weighted by molar-refractivity contribution is 5.44. The molecule has 4 nitrogen and oxygen atoms in total. The van der Waals surface area contributed by atoms with Gasteiger partial charge in [0.05, 0.1) is 19.3 Å². The highest BCUT2D eigenvalue weighted by Gasteiger charge is 2.14. The first-order valence-electron chi connectivity index (χ1n) is 7.09. The van der Waals surface area contributed by atoms with Crippen molar-refractivity contribution in [3.8, 4) is 0 Å². The van der Waals surface area contributed by atoms with Crippen LogP contribution in [0.25, 0.3) is 0 Å². The smallest absolute Gasteiger partial charge is 0.0839 e. The number of β-amino-alcohol motifs (C(OH)–C–C–N with tert-alkyl or cyclic N) is 1. The number of hydrogen-bond acceptors (Lipinski definition) is 4. The van der Waals surface area contributed by atoms with E-state index in [0.29, 0.717) is 13.1 Å². The maximum atomic E-state index is 10.0. The Morgan fingerprint density at radius 2 is 1.95 bits per heavy atom. The normalized spacial score (nSPS) is 18.2. The highest BCUT2D eigenvalue weighted by atomic mass is 16.5. The second-order valence-corrected chi connectivity index (χ2v) is 5.00. The van der Waals surface area contributed by atoms with Crippen molar-refractivity contribution >= 4 is 5.69 Å². The molecule has 1 aliphatic heterocycles. The Bertz CT molecular complexity index is 361. The maximum absolute atomic E-state index is 10.0. The van der Waals surface area contributed by atoms with E-state index in [0.717, 1.165) is 38.4 Å². The van der Waals surface area contributed by atoms with Crippen molar-refractivity contribution in [3.05, 3.63) is 29.8 Å². The summed E-state index contributed by atoms with van der Waals surface area (Å²) in [4.78, 5) is 2.25. The van der Waals surface area contributed by atoms with Gasteiger partial charge in [-0.1, -0.05) is 19.1 Å². The molecule has 1 aromatic carbocycles. The lowest BCUT2D eigenvalue weighted by Crippen LogP contribution is -2.42. The van der Waals surface area contributed by atoms with Crippen LogP contribution in [0.1, 0.15) is 12.5 Å². The lowest BCUT2D eigenvalue weighted by atomic mass is 10.1. The van der Waals surface area contributed by atoms with Crippen molar-refractivity contribution in [1.82, 2.24) is 4.90 Å². The fourth-order valence-electron chi connectivity index (χ4n) is 2.24. The Hall–Kier alpha value is -1.10. The summed E-state index contributed by atoms with van der Waals surface area (Å²) in [6, 6.07) is 8.38. The molecule has 1 heterocycles. The molecule has 0 radical (unpaired) electrons. The highest BCUT2D eigenvalue weighted by Crippen LogP contribution is 2.10. The summed E-state index contributed by atoms with van der Waals surface area (Å²) in [5.41, 5.74) is 2.40. The second kappa shape index (κ2) is 7.48. The molecule has 0 saturated carbocycles. The van der Waals surface area contributed by atoms with E-state index in [1.165, 1.54) is 5.56 Å². The maximum Gasteiger partial charge on any atom is 0.0839 e. The van der Waals surface area contributed by atoms with E-state index in [4.69, 9.17) is 4.74 Å². The van der Waals surface area contributed by atoms with Crippen molar-refractivity contribution in [2.45, 2.75) is 19.4 Å². The van der Waals surface area contributed by atoms with Crippen molar-refractivity contribution in [3.63, 3.8) is 0 Å². The van der Waals surface area contributed by atoms with E-state index in [-0.39, 0.29) is 6.10 Å². The van der Waals surface area contributed by atoms with Crippen molar-refractivity contribution in [2.24, 2.45) is 0 Å². The average Bonchev–Trinajstić information content (AvgIpc) is 2.47. The monoisotopic (exact) mass is 264 g/mol. The molecule has 0 aliphatic carbocycles. The molecule has 106 valence electrons. The lowest BCUT2D eigenvalue weighted by Gasteiger charge is -2.28. The topological polar surface area (TPSA) is 44.7 Å². The molecule has 1 atom stereocenters. The number of aliphatic hydroxyl groups is 1. The first-order chi connectivity index (χ1) is 9.28. The first kappa shape index (κ1) is 14.3. The predicted octanol–water partition coefficient (Wildman–Crippen LogP) is 1.35. The minimum Gasteiger partial charge on any atom is -0.390 e. The SMILES string of the molecule is CCc1ccc(NCC(O)CN2CCOCC2)cc1. The van der Waals surface area contributed by atoms with Gasteiger partial charge in [0.15, 0.2) is 0 Å². The van der Waals surface area contributed by atoms with E-state index < -0.39 is 0 Å². The number of rotatable bonds is 6. The number of benzene rings is 1. The Morgan fingerprint density at radius 1 is 1.26 bits per heavy atom. The van der Waals surface area contributed by atoms with E-state index in [1.807, 2.05) is 0 Å². The number of nitrogens with zero attached hydrogens (tertiary/aromatic N) is 1. The van der Waals surface area contributed by atoms with Gasteiger partial charge < -0.3 is 15.2 Å². The largest absolute Gasteiger partial charge is 0.390 e. The van der Waals surface area contributed by atoms with Crippen LogP contribution in [0.5, 0.6) is 0 Å².